The average molecular weight is 437 g/mol. The van der Waals surface area contributed by atoms with Crippen LogP contribution in [0.2, 0.25) is 0 Å². The molecule has 0 saturated carbocycles. The van der Waals surface area contributed by atoms with E-state index in [1.54, 1.807) is 0 Å². The van der Waals surface area contributed by atoms with Gasteiger partial charge in [-0.2, -0.15) is 0 Å². The molecule has 0 unspecified atom stereocenters. The molecule has 1 saturated heterocycles. The summed E-state index contributed by atoms with van der Waals surface area (Å²) in [6.07, 6.45) is 2.92. The van der Waals surface area contributed by atoms with Crippen LogP contribution in [0.25, 0.3) is 10.9 Å². The van der Waals surface area contributed by atoms with E-state index in [4.69, 9.17) is 0 Å². The molecule has 1 N–H and O–H groups in total. The quantitative estimate of drug-likeness (QED) is 0.680. The van der Waals surface area contributed by atoms with Crippen LogP contribution in [-0.4, -0.2) is 54.6 Å². The van der Waals surface area contributed by atoms with Crippen LogP contribution in [0.5, 0.6) is 0 Å². The molecule has 0 spiro atoms. The SMILES string of the molecule is C.Cn1c2c(c3ccc(N4CCN(CCc5ccc(F)cc5)CC4=O)cc31)CCNCC2. The Morgan fingerprint density at radius 2 is 1.81 bits per heavy atom. The monoisotopic (exact) mass is 436 g/mol. The maximum atomic E-state index is 13.1. The minimum Gasteiger partial charge on any atom is -0.347 e. The molecule has 170 valence electrons. The standard InChI is InChI=1S/C25H29FN4O.CH4/c1-28-23-9-12-27-11-8-22(23)21-7-6-20(16-24(21)28)30-15-14-29(17-25(30)31)13-10-18-2-4-19(26)5-3-18;/h2-7,16,27H,8-15,17H2,1H3;1H4. The Morgan fingerprint density at radius 1 is 1.03 bits per heavy atom. The lowest BCUT2D eigenvalue weighted by molar-refractivity contribution is -0.121. The number of carbonyl (C=O) groups is 1. The summed E-state index contributed by atoms with van der Waals surface area (Å²) in [4.78, 5) is 17.1. The van der Waals surface area contributed by atoms with Crippen molar-refractivity contribution in [2.45, 2.75) is 26.7 Å². The molecule has 0 atom stereocenters. The largest absolute Gasteiger partial charge is 0.347 e. The van der Waals surface area contributed by atoms with Crippen LogP contribution in [0, 0.1) is 5.82 Å². The fourth-order valence-corrected chi connectivity index (χ4v) is 4.99. The molecule has 2 aliphatic rings. The molecule has 0 radical (unpaired) electrons. The van der Waals surface area contributed by atoms with E-state index in [0.29, 0.717) is 13.1 Å². The second-order valence-corrected chi connectivity index (χ2v) is 8.63. The van der Waals surface area contributed by atoms with Gasteiger partial charge in [0, 0.05) is 56.4 Å². The number of halogens is 1. The summed E-state index contributed by atoms with van der Waals surface area (Å²) >= 11 is 0. The highest BCUT2D eigenvalue weighted by atomic mass is 19.1. The van der Waals surface area contributed by atoms with E-state index in [1.807, 2.05) is 17.0 Å². The maximum Gasteiger partial charge on any atom is 0.241 e. The molecule has 0 bridgehead atoms. The van der Waals surface area contributed by atoms with Gasteiger partial charge in [0.05, 0.1) is 12.1 Å². The number of rotatable bonds is 4. The first-order valence-electron chi connectivity index (χ1n) is 11.2. The Morgan fingerprint density at radius 3 is 2.59 bits per heavy atom. The Bertz CT molecular complexity index is 1110. The van der Waals surface area contributed by atoms with Gasteiger partial charge in [0.25, 0.3) is 0 Å². The first kappa shape index (κ1) is 22.5. The first-order valence-corrected chi connectivity index (χ1v) is 11.2. The van der Waals surface area contributed by atoms with Crippen LogP contribution in [0.1, 0.15) is 24.2 Å². The summed E-state index contributed by atoms with van der Waals surface area (Å²) < 4.78 is 15.4. The van der Waals surface area contributed by atoms with Crippen molar-refractivity contribution < 1.29 is 9.18 Å². The van der Waals surface area contributed by atoms with Gasteiger partial charge in [0.1, 0.15) is 5.82 Å². The van der Waals surface area contributed by atoms with Crippen LogP contribution in [0.4, 0.5) is 10.1 Å². The van der Waals surface area contributed by atoms with Crippen LogP contribution >= 0.6 is 0 Å². The number of benzene rings is 2. The van der Waals surface area contributed by atoms with Crippen LogP contribution < -0.4 is 10.2 Å². The molecule has 5 nitrogen and oxygen atoms in total. The summed E-state index contributed by atoms with van der Waals surface area (Å²) in [5, 5.41) is 4.80. The van der Waals surface area contributed by atoms with Crippen LogP contribution in [-0.2, 0) is 31.1 Å². The molecule has 5 rings (SSSR count). The van der Waals surface area contributed by atoms with Crippen molar-refractivity contribution in [2.24, 2.45) is 7.05 Å². The molecule has 0 aliphatic carbocycles. The number of piperazine rings is 1. The van der Waals surface area contributed by atoms with Crippen molar-refractivity contribution in [1.29, 1.82) is 0 Å². The number of hydrogen-bond donors (Lipinski definition) is 1. The van der Waals surface area contributed by atoms with Crippen LogP contribution in [0.15, 0.2) is 42.5 Å². The van der Waals surface area contributed by atoms with Gasteiger partial charge in [-0.1, -0.05) is 25.6 Å². The van der Waals surface area contributed by atoms with Crippen molar-refractivity contribution in [2.75, 3.05) is 44.2 Å². The summed E-state index contributed by atoms with van der Waals surface area (Å²) in [6, 6.07) is 13.1. The maximum absolute atomic E-state index is 13.1. The Hall–Kier alpha value is -2.70. The topological polar surface area (TPSA) is 40.5 Å². The number of amides is 1. The molecular weight excluding hydrogens is 403 g/mol. The molecule has 1 amide bonds. The summed E-state index contributed by atoms with van der Waals surface area (Å²) in [6.45, 7) is 4.81. The molecule has 2 aliphatic heterocycles. The predicted molar refractivity (Wildman–Crippen MR) is 129 cm³/mol. The minimum atomic E-state index is -0.212. The van der Waals surface area contributed by atoms with Crippen molar-refractivity contribution in [3.8, 4) is 0 Å². The van der Waals surface area contributed by atoms with Gasteiger partial charge in [-0.25, -0.2) is 4.39 Å². The van der Waals surface area contributed by atoms with Gasteiger partial charge in [-0.15, -0.1) is 0 Å². The third-order valence-corrected chi connectivity index (χ3v) is 6.75. The van der Waals surface area contributed by atoms with Gasteiger partial charge in [0.2, 0.25) is 5.91 Å². The number of aryl methyl sites for hydroxylation is 1. The fraction of sp³-hybridized carbons (Fsp3) is 0.423. The molecule has 1 aromatic heterocycles. The Labute approximate surface area is 189 Å². The van der Waals surface area contributed by atoms with Gasteiger partial charge >= 0.3 is 0 Å². The number of carbonyl (C=O) groups excluding carboxylic acids is 1. The number of nitrogens with zero attached hydrogens (tertiary/aromatic N) is 3. The highest BCUT2D eigenvalue weighted by Gasteiger charge is 2.26. The third kappa shape index (κ3) is 4.30. The molecule has 2 aromatic carbocycles. The number of aromatic nitrogens is 1. The van der Waals surface area contributed by atoms with Crippen molar-refractivity contribution in [3.05, 3.63) is 65.1 Å². The first-order chi connectivity index (χ1) is 15.1. The zero-order valence-electron chi connectivity index (χ0n) is 18.0. The molecule has 3 heterocycles. The highest BCUT2D eigenvalue weighted by molar-refractivity contribution is 5.98. The number of hydrogen-bond acceptors (Lipinski definition) is 3. The van der Waals surface area contributed by atoms with Gasteiger partial charge in [-0.3, -0.25) is 9.69 Å². The van der Waals surface area contributed by atoms with E-state index in [1.165, 1.54) is 34.3 Å². The van der Waals surface area contributed by atoms with Crippen molar-refractivity contribution in [1.82, 2.24) is 14.8 Å². The van der Waals surface area contributed by atoms with E-state index in [-0.39, 0.29) is 19.2 Å². The highest BCUT2D eigenvalue weighted by Crippen LogP contribution is 2.31. The lowest BCUT2D eigenvalue weighted by Crippen LogP contribution is -2.50. The molecule has 32 heavy (non-hydrogen) atoms. The lowest BCUT2D eigenvalue weighted by Gasteiger charge is -2.34. The van der Waals surface area contributed by atoms with Gasteiger partial charge in [-0.05, 0) is 54.8 Å². The van der Waals surface area contributed by atoms with Crippen LogP contribution in [0.3, 0.4) is 0 Å². The second kappa shape index (κ2) is 9.43. The zero-order valence-corrected chi connectivity index (χ0v) is 18.0. The van der Waals surface area contributed by atoms with Gasteiger partial charge < -0.3 is 14.8 Å². The lowest BCUT2D eigenvalue weighted by atomic mass is 10.1. The average Bonchev–Trinajstić information content (AvgIpc) is 2.93. The number of anilines is 1. The number of nitrogens with one attached hydrogen (secondary N) is 1. The number of fused-ring (bicyclic) bond motifs is 3. The van der Waals surface area contributed by atoms with Crippen molar-refractivity contribution in [3.63, 3.8) is 0 Å². The van der Waals surface area contributed by atoms with E-state index >= 15 is 0 Å². The predicted octanol–water partition coefficient (Wildman–Crippen LogP) is 3.53. The molecule has 3 aromatic rings. The Balaban J connectivity index is 0.00000245. The molecule has 1 fully saturated rings. The third-order valence-electron chi connectivity index (χ3n) is 6.75. The smallest absolute Gasteiger partial charge is 0.241 e. The summed E-state index contributed by atoms with van der Waals surface area (Å²) in [7, 11) is 2.14. The van der Waals surface area contributed by atoms with Gasteiger partial charge in [0.15, 0.2) is 0 Å². The van der Waals surface area contributed by atoms with E-state index in [2.05, 4.69) is 40.0 Å². The minimum absolute atomic E-state index is 0. The molecule has 6 heteroatoms. The Kier molecular flexibility index (Phi) is 6.63. The normalized spacial score (nSPS) is 17.2. The van der Waals surface area contributed by atoms with E-state index < -0.39 is 0 Å². The second-order valence-electron chi connectivity index (χ2n) is 8.63. The fourth-order valence-electron chi connectivity index (χ4n) is 4.99. The molecular formula is C26H33FN4O. The van der Waals surface area contributed by atoms with E-state index in [9.17, 15) is 9.18 Å². The van der Waals surface area contributed by atoms with E-state index in [0.717, 1.165) is 56.7 Å². The van der Waals surface area contributed by atoms with Crippen molar-refractivity contribution >= 4 is 22.5 Å². The summed E-state index contributed by atoms with van der Waals surface area (Å²) in [5.41, 5.74) is 6.17. The zero-order chi connectivity index (χ0) is 21.4. The summed E-state index contributed by atoms with van der Waals surface area (Å²) in [5.74, 6) is -0.0690.